The Morgan fingerprint density at radius 1 is 1.48 bits per heavy atom. The first kappa shape index (κ1) is 17.6. The molecule has 0 saturated carbocycles. The number of thioether (sulfide) groups is 1. The van der Waals surface area contributed by atoms with Gasteiger partial charge in [0.1, 0.15) is 0 Å². The summed E-state index contributed by atoms with van der Waals surface area (Å²) in [5, 5.41) is 8.78. The fourth-order valence-electron chi connectivity index (χ4n) is 1.86. The highest BCUT2D eigenvalue weighted by molar-refractivity contribution is 7.98. The van der Waals surface area contributed by atoms with E-state index in [1.165, 1.54) is 0 Å². The molecule has 0 bridgehead atoms. The molecule has 0 radical (unpaired) electrons. The first-order chi connectivity index (χ1) is 10.0. The smallest absolute Gasteiger partial charge is 0.253 e. The molecule has 1 amide bonds. The highest BCUT2D eigenvalue weighted by Gasteiger charge is 2.17. The van der Waals surface area contributed by atoms with Crippen LogP contribution in [0.1, 0.15) is 34.8 Å². The van der Waals surface area contributed by atoms with Gasteiger partial charge in [0.25, 0.3) is 5.91 Å². The van der Waals surface area contributed by atoms with Gasteiger partial charge in [-0.1, -0.05) is 17.9 Å². The molecule has 0 fully saturated rings. The molecule has 1 N–H and O–H groups in total. The molecule has 4 heteroatoms. The number of aryl methyl sites for hydroxylation is 1. The summed E-state index contributed by atoms with van der Waals surface area (Å²) >= 11 is 1.73. The van der Waals surface area contributed by atoms with Crippen LogP contribution in [0.15, 0.2) is 18.2 Å². The van der Waals surface area contributed by atoms with Crippen LogP contribution in [-0.2, 0) is 0 Å². The Morgan fingerprint density at radius 2 is 2.19 bits per heavy atom. The van der Waals surface area contributed by atoms with Crippen molar-refractivity contribution in [3.05, 3.63) is 34.9 Å². The predicted molar refractivity (Wildman–Crippen MR) is 89.7 cm³/mol. The first-order valence-electron chi connectivity index (χ1n) is 6.97. The minimum atomic E-state index is 0.0155. The fourth-order valence-corrected chi connectivity index (χ4v) is 2.57. The van der Waals surface area contributed by atoms with Crippen molar-refractivity contribution < 1.29 is 9.90 Å². The molecule has 0 heterocycles. The number of carbonyl (C=O) groups excluding carboxylic acids is 1. The summed E-state index contributed by atoms with van der Waals surface area (Å²) < 4.78 is 0. The number of hydrogen-bond acceptors (Lipinski definition) is 3. The average Bonchev–Trinajstić information content (AvgIpc) is 2.48. The van der Waals surface area contributed by atoms with E-state index in [2.05, 4.69) is 11.8 Å². The van der Waals surface area contributed by atoms with Gasteiger partial charge in [0, 0.05) is 36.4 Å². The van der Waals surface area contributed by atoms with Gasteiger partial charge in [-0.15, -0.1) is 0 Å². The SMILES string of the molecule is CSCC(C)N(C)C(=O)c1ccc(C)c(C#CCCO)c1. The van der Waals surface area contributed by atoms with E-state index in [4.69, 9.17) is 5.11 Å². The number of amides is 1. The molecule has 1 atom stereocenters. The van der Waals surface area contributed by atoms with Crippen LogP contribution >= 0.6 is 11.8 Å². The lowest BCUT2D eigenvalue weighted by molar-refractivity contribution is 0.0757. The van der Waals surface area contributed by atoms with Crippen molar-refractivity contribution in [1.29, 1.82) is 0 Å². The summed E-state index contributed by atoms with van der Waals surface area (Å²) in [4.78, 5) is 14.3. The Balaban J connectivity index is 2.96. The molecule has 3 nitrogen and oxygen atoms in total. The molecule has 0 spiro atoms. The van der Waals surface area contributed by atoms with Crippen LogP contribution in [0, 0.1) is 18.8 Å². The predicted octanol–water partition coefficient (Wildman–Crippen LogP) is 2.55. The molecule has 114 valence electrons. The highest BCUT2D eigenvalue weighted by atomic mass is 32.2. The fraction of sp³-hybridized carbons (Fsp3) is 0.471. The van der Waals surface area contributed by atoms with Crippen molar-refractivity contribution >= 4 is 17.7 Å². The van der Waals surface area contributed by atoms with E-state index < -0.39 is 0 Å². The summed E-state index contributed by atoms with van der Waals surface area (Å²) in [6, 6.07) is 5.79. The molecule has 0 aliphatic heterocycles. The number of hydrogen-bond donors (Lipinski definition) is 1. The van der Waals surface area contributed by atoms with Gasteiger partial charge in [-0.2, -0.15) is 11.8 Å². The molecule has 0 aliphatic carbocycles. The van der Waals surface area contributed by atoms with Gasteiger partial charge in [0.2, 0.25) is 0 Å². The van der Waals surface area contributed by atoms with Crippen molar-refractivity contribution in [2.75, 3.05) is 25.7 Å². The standard InChI is InChI=1S/C17H23NO2S/c1-13-8-9-16(11-15(13)7-5-6-10-19)17(20)18(3)14(2)12-21-4/h8-9,11,14,19H,6,10,12H2,1-4H3. The quantitative estimate of drug-likeness (QED) is 0.850. The molecule has 1 unspecified atom stereocenters. The summed E-state index contributed by atoms with van der Waals surface area (Å²) in [5.41, 5.74) is 2.54. The number of benzene rings is 1. The van der Waals surface area contributed by atoms with Gasteiger partial charge in [0.05, 0.1) is 6.61 Å². The number of rotatable bonds is 5. The van der Waals surface area contributed by atoms with E-state index in [1.54, 1.807) is 16.7 Å². The third-order valence-electron chi connectivity index (χ3n) is 3.33. The van der Waals surface area contributed by atoms with Crippen LogP contribution in [0.2, 0.25) is 0 Å². The third-order valence-corrected chi connectivity index (χ3v) is 4.15. The van der Waals surface area contributed by atoms with E-state index in [1.807, 2.05) is 45.4 Å². The van der Waals surface area contributed by atoms with E-state index in [9.17, 15) is 4.79 Å². The maximum atomic E-state index is 12.5. The van der Waals surface area contributed by atoms with Crippen molar-refractivity contribution in [1.82, 2.24) is 4.90 Å². The second kappa shape index (κ2) is 8.76. The molecule has 0 aromatic heterocycles. The van der Waals surface area contributed by atoms with Crippen molar-refractivity contribution in [2.24, 2.45) is 0 Å². The van der Waals surface area contributed by atoms with Gasteiger partial charge in [-0.25, -0.2) is 0 Å². The van der Waals surface area contributed by atoms with Crippen LogP contribution < -0.4 is 0 Å². The lowest BCUT2D eigenvalue weighted by atomic mass is 10.0. The Morgan fingerprint density at radius 3 is 2.81 bits per heavy atom. The second-order valence-corrected chi connectivity index (χ2v) is 5.94. The van der Waals surface area contributed by atoms with Crippen LogP contribution in [0.4, 0.5) is 0 Å². The minimum absolute atomic E-state index is 0.0155. The molecular formula is C17H23NO2S. The van der Waals surface area contributed by atoms with Gasteiger partial charge < -0.3 is 10.0 Å². The number of nitrogens with zero attached hydrogens (tertiary/aromatic N) is 1. The summed E-state index contributed by atoms with van der Waals surface area (Å²) in [6.45, 7) is 4.07. The van der Waals surface area contributed by atoms with E-state index in [0.29, 0.717) is 12.0 Å². The summed E-state index contributed by atoms with van der Waals surface area (Å²) in [5.74, 6) is 6.85. The molecule has 0 aliphatic rings. The lowest BCUT2D eigenvalue weighted by Crippen LogP contribution is -2.36. The molecule has 21 heavy (non-hydrogen) atoms. The Hall–Kier alpha value is -1.44. The normalized spacial score (nSPS) is 11.5. The lowest BCUT2D eigenvalue weighted by Gasteiger charge is -2.24. The summed E-state index contributed by atoms with van der Waals surface area (Å²) in [7, 11) is 1.83. The minimum Gasteiger partial charge on any atom is -0.395 e. The Labute approximate surface area is 131 Å². The van der Waals surface area contributed by atoms with Crippen LogP contribution in [0.5, 0.6) is 0 Å². The maximum absolute atomic E-state index is 12.5. The molecular weight excluding hydrogens is 282 g/mol. The molecule has 1 aromatic rings. The van der Waals surface area contributed by atoms with Gasteiger partial charge in [-0.3, -0.25) is 4.79 Å². The van der Waals surface area contributed by atoms with Crippen LogP contribution in [0.25, 0.3) is 0 Å². The van der Waals surface area contributed by atoms with E-state index in [-0.39, 0.29) is 18.6 Å². The number of aliphatic hydroxyl groups is 1. The van der Waals surface area contributed by atoms with Crippen LogP contribution in [-0.4, -0.2) is 47.6 Å². The average molecular weight is 305 g/mol. The molecule has 0 saturated heterocycles. The van der Waals surface area contributed by atoms with Crippen molar-refractivity contribution in [3.8, 4) is 11.8 Å². The zero-order valence-electron chi connectivity index (χ0n) is 13.1. The molecule has 1 rings (SSSR count). The van der Waals surface area contributed by atoms with Gasteiger partial charge in [0.15, 0.2) is 0 Å². The van der Waals surface area contributed by atoms with Gasteiger partial charge >= 0.3 is 0 Å². The first-order valence-corrected chi connectivity index (χ1v) is 8.37. The number of aliphatic hydroxyl groups excluding tert-OH is 1. The van der Waals surface area contributed by atoms with E-state index >= 15 is 0 Å². The zero-order chi connectivity index (χ0) is 15.8. The summed E-state index contributed by atoms with van der Waals surface area (Å²) in [6.07, 6.45) is 2.48. The largest absolute Gasteiger partial charge is 0.395 e. The van der Waals surface area contributed by atoms with E-state index in [0.717, 1.165) is 16.9 Å². The third kappa shape index (κ3) is 5.11. The monoisotopic (exact) mass is 305 g/mol. The maximum Gasteiger partial charge on any atom is 0.253 e. The topological polar surface area (TPSA) is 40.5 Å². The number of carbonyl (C=O) groups is 1. The van der Waals surface area contributed by atoms with Crippen LogP contribution in [0.3, 0.4) is 0 Å². The van der Waals surface area contributed by atoms with Crippen molar-refractivity contribution in [2.45, 2.75) is 26.3 Å². The zero-order valence-corrected chi connectivity index (χ0v) is 14.0. The molecule has 1 aromatic carbocycles. The Bertz CT molecular complexity index is 545. The second-order valence-electron chi connectivity index (χ2n) is 5.03. The van der Waals surface area contributed by atoms with Crippen molar-refractivity contribution in [3.63, 3.8) is 0 Å². The Kier molecular flexibility index (Phi) is 7.35. The highest BCUT2D eigenvalue weighted by Crippen LogP contribution is 2.14. The van der Waals surface area contributed by atoms with Gasteiger partial charge in [-0.05, 0) is 37.8 Å².